The molecular formula is C14H13NO. The Morgan fingerprint density at radius 2 is 2.00 bits per heavy atom. The Kier molecular flexibility index (Phi) is 3.10. The number of nitrogens with zero attached hydrogens (tertiary/aromatic N) is 1. The van der Waals surface area contributed by atoms with E-state index in [4.69, 9.17) is 0 Å². The van der Waals surface area contributed by atoms with Crippen LogP contribution in [0, 0.1) is 0 Å². The highest BCUT2D eigenvalue weighted by Gasteiger charge is 2.07. The molecule has 2 aromatic rings. The summed E-state index contributed by atoms with van der Waals surface area (Å²) in [4.78, 5) is 15.1. The number of pyridine rings is 1. The van der Waals surface area contributed by atoms with Gasteiger partial charge in [-0.2, -0.15) is 0 Å². The van der Waals surface area contributed by atoms with Gasteiger partial charge in [0.1, 0.15) is 0 Å². The maximum absolute atomic E-state index is 11.0. The second-order valence-electron chi connectivity index (χ2n) is 3.59. The van der Waals surface area contributed by atoms with Crippen molar-refractivity contribution >= 4 is 6.29 Å². The fourth-order valence-corrected chi connectivity index (χ4v) is 1.82. The molecule has 0 unspecified atom stereocenters. The molecule has 0 spiro atoms. The average Bonchev–Trinajstić information content (AvgIpc) is 2.38. The second-order valence-corrected chi connectivity index (χ2v) is 3.59. The number of benzene rings is 1. The third-order valence-electron chi connectivity index (χ3n) is 2.67. The van der Waals surface area contributed by atoms with E-state index >= 15 is 0 Å². The van der Waals surface area contributed by atoms with Crippen molar-refractivity contribution in [3.63, 3.8) is 0 Å². The molecule has 0 fully saturated rings. The fourth-order valence-electron chi connectivity index (χ4n) is 1.82. The van der Waals surface area contributed by atoms with E-state index in [1.54, 1.807) is 18.5 Å². The minimum atomic E-state index is 0.691. The van der Waals surface area contributed by atoms with Gasteiger partial charge < -0.3 is 0 Å². The van der Waals surface area contributed by atoms with E-state index in [2.05, 4.69) is 18.0 Å². The molecule has 0 aliphatic rings. The van der Waals surface area contributed by atoms with Crippen molar-refractivity contribution in [1.29, 1.82) is 0 Å². The van der Waals surface area contributed by atoms with Crippen LogP contribution in [-0.2, 0) is 6.42 Å². The molecule has 16 heavy (non-hydrogen) atoms. The van der Waals surface area contributed by atoms with Gasteiger partial charge in [-0.3, -0.25) is 9.78 Å². The van der Waals surface area contributed by atoms with E-state index in [0.717, 1.165) is 23.8 Å². The van der Waals surface area contributed by atoms with E-state index in [1.165, 1.54) is 5.56 Å². The van der Waals surface area contributed by atoms with Crippen LogP contribution in [0.2, 0.25) is 0 Å². The first-order chi connectivity index (χ1) is 7.86. The van der Waals surface area contributed by atoms with Crippen molar-refractivity contribution in [3.8, 4) is 11.1 Å². The van der Waals surface area contributed by atoms with Crippen LogP contribution in [0.25, 0.3) is 11.1 Å². The molecule has 0 bridgehead atoms. The first kappa shape index (κ1) is 10.6. The maximum Gasteiger partial charge on any atom is 0.150 e. The van der Waals surface area contributed by atoms with Crippen molar-refractivity contribution in [2.45, 2.75) is 13.3 Å². The Hall–Kier alpha value is -1.96. The van der Waals surface area contributed by atoms with Gasteiger partial charge in [0.2, 0.25) is 0 Å². The quantitative estimate of drug-likeness (QED) is 0.730. The Labute approximate surface area is 95.0 Å². The van der Waals surface area contributed by atoms with Crippen molar-refractivity contribution < 1.29 is 4.79 Å². The fraction of sp³-hybridized carbons (Fsp3) is 0.143. The Bertz CT molecular complexity index is 506. The highest BCUT2D eigenvalue weighted by atomic mass is 16.1. The lowest BCUT2D eigenvalue weighted by Crippen LogP contribution is -1.92. The van der Waals surface area contributed by atoms with Crippen molar-refractivity contribution in [2.75, 3.05) is 0 Å². The van der Waals surface area contributed by atoms with Gasteiger partial charge in [-0.15, -0.1) is 0 Å². The molecule has 1 aromatic carbocycles. The van der Waals surface area contributed by atoms with Crippen LogP contribution in [0.3, 0.4) is 0 Å². The van der Waals surface area contributed by atoms with Gasteiger partial charge in [0, 0.05) is 23.5 Å². The predicted molar refractivity (Wildman–Crippen MR) is 64.4 cm³/mol. The minimum absolute atomic E-state index is 0.691. The summed E-state index contributed by atoms with van der Waals surface area (Å²) in [6.07, 6.45) is 5.22. The molecule has 80 valence electrons. The van der Waals surface area contributed by atoms with E-state index in [1.807, 2.05) is 18.2 Å². The summed E-state index contributed by atoms with van der Waals surface area (Å²) in [5.74, 6) is 0. The van der Waals surface area contributed by atoms with Gasteiger partial charge in [0.05, 0.1) is 0 Å². The molecule has 0 saturated carbocycles. The maximum atomic E-state index is 11.0. The van der Waals surface area contributed by atoms with Crippen LogP contribution < -0.4 is 0 Å². The number of rotatable bonds is 3. The lowest BCUT2D eigenvalue weighted by Gasteiger charge is -2.08. The van der Waals surface area contributed by atoms with Gasteiger partial charge in [0.15, 0.2) is 6.29 Å². The largest absolute Gasteiger partial charge is 0.298 e. The molecule has 2 rings (SSSR count). The Balaban J connectivity index is 2.62. The van der Waals surface area contributed by atoms with E-state index < -0.39 is 0 Å². The molecule has 1 aromatic heterocycles. The van der Waals surface area contributed by atoms with Crippen molar-refractivity contribution in [2.24, 2.45) is 0 Å². The van der Waals surface area contributed by atoms with Crippen molar-refractivity contribution in [1.82, 2.24) is 4.98 Å². The Morgan fingerprint density at radius 3 is 2.75 bits per heavy atom. The molecular weight excluding hydrogens is 198 g/mol. The number of aldehydes is 1. The van der Waals surface area contributed by atoms with Crippen LogP contribution >= 0.6 is 0 Å². The third kappa shape index (κ3) is 1.87. The topological polar surface area (TPSA) is 30.0 Å². The van der Waals surface area contributed by atoms with E-state index in [-0.39, 0.29) is 0 Å². The van der Waals surface area contributed by atoms with Crippen LogP contribution in [0.1, 0.15) is 22.8 Å². The standard InChI is InChI=1S/C14H13NO/c1-2-11-5-3-4-6-13(11)14-9-15-8-7-12(14)10-16/h3-10H,2H2,1H3. The van der Waals surface area contributed by atoms with Crippen LogP contribution in [0.4, 0.5) is 0 Å². The molecule has 2 heteroatoms. The second kappa shape index (κ2) is 4.71. The molecule has 0 amide bonds. The zero-order valence-electron chi connectivity index (χ0n) is 9.18. The Morgan fingerprint density at radius 1 is 1.19 bits per heavy atom. The monoisotopic (exact) mass is 211 g/mol. The van der Waals surface area contributed by atoms with Gasteiger partial charge in [-0.25, -0.2) is 0 Å². The van der Waals surface area contributed by atoms with Crippen LogP contribution in [0.15, 0.2) is 42.7 Å². The van der Waals surface area contributed by atoms with Gasteiger partial charge in [-0.05, 0) is 23.6 Å². The first-order valence-corrected chi connectivity index (χ1v) is 5.34. The van der Waals surface area contributed by atoms with Crippen LogP contribution in [-0.4, -0.2) is 11.3 Å². The first-order valence-electron chi connectivity index (χ1n) is 5.34. The average molecular weight is 211 g/mol. The van der Waals surface area contributed by atoms with E-state index in [9.17, 15) is 4.79 Å². The number of aromatic nitrogens is 1. The normalized spacial score (nSPS) is 10.1. The highest BCUT2D eigenvalue weighted by molar-refractivity contribution is 5.87. The smallest absolute Gasteiger partial charge is 0.150 e. The summed E-state index contributed by atoms with van der Waals surface area (Å²) in [6, 6.07) is 9.85. The summed E-state index contributed by atoms with van der Waals surface area (Å²) in [5.41, 5.74) is 3.93. The summed E-state index contributed by atoms with van der Waals surface area (Å²) >= 11 is 0. The van der Waals surface area contributed by atoms with Crippen LogP contribution in [0.5, 0.6) is 0 Å². The number of hydrogen-bond acceptors (Lipinski definition) is 2. The third-order valence-corrected chi connectivity index (χ3v) is 2.67. The number of aryl methyl sites for hydroxylation is 1. The number of carbonyl (C=O) groups excluding carboxylic acids is 1. The predicted octanol–water partition coefficient (Wildman–Crippen LogP) is 3.12. The SMILES string of the molecule is CCc1ccccc1-c1cnccc1C=O. The van der Waals surface area contributed by atoms with Gasteiger partial charge >= 0.3 is 0 Å². The van der Waals surface area contributed by atoms with Crippen molar-refractivity contribution in [3.05, 3.63) is 53.9 Å². The summed E-state index contributed by atoms with van der Waals surface area (Å²) in [6.45, 7) is 2.11. The molecule has 0 aliphatic carbocycles. The van der Waals surface area contributed by atoms with Gasteiger partial charge in [-0.1, -0.05) is 31.2 Å². The molecule has 0 N–H and O–H groups in total. The zero-order valence-corrected chi connectivity index (χ0v) is 9.18. The molecule has 0 aliphatic heterocycles. The zero-order chi connectivity index (χ0) is 11.4. The molecule has 0 radical (unpaired) electrons. The van der Waals surface area contributed by atoms with Gasteiger partial charge in [0.25, 0.3) is 0 Å². The summed E-state index contributed by atoms with van der Waals surface area (Å²) in [7, 11) is 0. The molecule has 0 saturated heterocycles. The highest BCUT2D eigenvalue weighted by Crippen LogP contribution is 2.25. The lowest BCUT2D eigenvalue weighted by molar-refractivity contribution is 0.112. The molecule has 1 heterocycles. The molecule has 0 atom stereocenters. The lowest BCUT2D eigenvalue weighted by atomic mass is 9.96. The number of hydrogen-bond donors (Lipinski definition) is 0. The molecule has 2 nitrogen and oxygen atoms in total. The number of carbonyl (C=O) groups is 1. The summed E-state index contributed by atoms with van der Waals surface area (Å²) < 4.78 is 0. The van der Waals surface area contributed by atoms with E-state index in [0.29, 0.717) is 5.56 Å². The summed E-state index contributed by atoms with van der Waals surface area (Å²) in [5, 5.41) is 0. The minimum Gasteiger partial charge on any atom is -0.298 e.